The molecule has 1 saturated heterocycles. The first-order valence-corrected chi connectivity index (χ1v) is 12.0. The highest BCUT2D eigenvalue weighted by atomic mass is 35.5. The Morgan fingerprint density at radius 1 is 0.912 bits per heavy atom. The maximum Gasteiger partial charge on any atom is 0.329 e. The molecule has 2 heterocycles. The average Bonchev–Trinajstić information content (AvgIpc) is 3.20. The summed E-state index contributed by atoms with van der Waals surface area (Å²) in [5.74, 6) is -1.34. The molecule has 3 aromatic carbocycles. The van der Waals surface area contributed by atoms with Gasteiger partial charge in [-0.2, -0.15) is 0 Å². The fraction of sp³-hybridized carbons (Fsp3) is 0.214. The molecule has 172 valence electrons. The van der Waals surface area contributed by atoms with Crippen molar-refractivity contribution in [1.82, 2.24) is 4.90 Å². The van der Waals surface area contributed by atoms with Crippen LogP contribution in [0.5, 0.6) is 0 Å². The third-order valence-corrected chi connectivity index (χ3v) is 7.17. The first kappa shape index (κ1) is 22.7. The van der Waals surface area contributed by atoms with Gasteiger partial charge in [0, 0.05) is 27.7 Å². The van der Waals surface area contributed by atoms with E-state index >= 15 is 0 Å². The predicted octanol–water partition coefficient (Wildman–Crippen LogP) is 6.55. The van der Waals surface area contributed by atoms with Crippen LogP contribution in [0.1, 0.15) is 45.9 Å². The Morgan fingerprint density at radius 3 is 2.24 bits per heavy atom. The molecule has 0 spiro atoms. The molecule has 3 aromatic rings. The smallest absolute Gasteiger partial charge is 0.329 e. The zero-order valence-electron chi connectivity index (χ0n) is 18.5. The molecule has 0 aliphatic carbocycles. The van der Waals surface area contributed by atoms with Gasteiger partial charge in [0.1, 0.15) is 6.04 Å². The number of fused-ring (bicyclic) bond motifs is 3. The molecule has 4 nitrogen and oxygen atoms in total. The molecule has 0 radical (unpaired) electrons. The number of ketones is 1. The van der Waals surface area contributed by atoms with Crippen molar-refractivity contribution in [3.63, 3.8) is 0 Å². The molecule has 6 heteroatoms. The second-order valence-corrected chi connectivity index (χ2v) is 9.38. The first-order valence-electron chi connectivity index (χ1n) is 11.3. The van der Waals surface area contributed by atoms with Crippen LogP contribution in [-0.2, 0) is 9.53 Å². The van der Waals surface area contributed by atoms with Crippen LogP contribution < -0.4 is 0 Å². The Hall–Kier alpha value is -3.08. The van der Waals surface area contributed by atoms with E-state index < -0.39 is 17.9 Å². The lowest BCUT2D eigenvalue weighted by Gasteiger charge is -2.33. The number of ether oxygens (including phenoxy) is 1. The van der Waals surface area contributed by atoms with E-state index in [-0.39, 0.29) is 24.4 Å². The van der Waals surface area contributed by atoms with E-state index in [0.717, 1.165) is 16.7 Å². The van der Waals surface area contributed by atoms with E-state index in [2.05, 4.69) is 0 Å². The Labute approximate surface area is 208 Å². The molecule has 2 aliphatic rings. The second kappa shape index (κ2) is 9.28. The zero-order chi connectivity index (χ0) is 23.8. The van der Waals surface area contributed by atoms with Crippen LogP contribution in [0, 0.1) is 5.92 Å². The van der Waals surface area contributed by atoms with Crippen LogP contribution in [0.4, 0.5) is 0 Å². The molecule has 0 N–H and O–H groups in total. The standard InChI is InChI=1S/C28H23Cl2NO3/c1-2-34-28(33)26-23(18-7-11-20(29)12-8-18)24(27(32)19-9-13-21(30)14-10-19)25-22-6-4-3-5-17(22)15-16-31(25)26/h3-16,23-26H,2H2,1H3. The maximum atomic E-state index is 14.1. The fourth-order valence-corrected chi connectivity index (χ4v) is 5.51. The van der Waals surface area contributed by atoms with Crippen molar-refractivity contribution in [3.05, 3.63) is 111 Å². The largest absolute Gasteiger partial charge is 0.464 e. The van der Waals surface area contributed by atoms with Gasteiger partial charge >= 0.3 is 5.97 Å². The van der Waals surface area contributed by atoms with E-state index in [0.29, 0.717) is 15.6 Å². The Morgan fingerprint density at radius 2 is 1.56 bits per heavy atom. The highest BCUT2D eigenvalue weighted by Crippen LogP contribution is 2.53. The van der Waals surface area contributed by atoms with Crippen molar-refractivity contribution < 1.29 is 14.3 Å². The van der Waals surface area contributed by atoms with Gasteiger partial charge in [-0.25, -0.2) is 4.79 Å². The number of esters is 1. The van der Waals surface area contributed by atoms with Gasteiger partial charge in [0.05, 0.1) is 18.6 Å². The maximum absolute atomic E-state index is 14.1. The molecular formula is C28H23Cl2NO3. The summed E-state index contributed by atoms with van der Waals surface area (Å²) in [6.07, 6.45) is 3.92. The van der Waals surface area contributed by atoms with E-state index in [1.807, 2.05) is 53.6 Å². The Kier molecular flexibility index (Phi) is 6.20. The van der Waals surface area contributed by atoms with Crippen LogP contribution in [0.2, 0.25) is 10.0 Å². The van der Waals surface area contributed by atoms with E-state index in [4.69, 9.17) is 27.9 Å². The summed E-state index contributed by atoms with van der Waals surface area (Å²) in [6.45, 7) is 2.05. The van der Waals surface area contributed by atoms with E-state index in [1.165, 1.54) is 0 Å². The number of hydrogen-bond donors (Lipinski definition) is 0. The molecule has 0 bridgehead atoms. The van der Waals surface area contributed by atoms with Crippen molar-refractivity contribution in [1.29, 1.82) is 0 Å². The van der Waals surface area contributed by atoms with Crippen LogP contribution >= 0.6 is 23.2 Å². The molecule has 5 rings (SSSR count). The number of hydrogen-bond acceptors (Lipinski definition) is 4. The molecule has 4 atom stereocenters. The Balaban J connectivity index is 1.71. The number of carbonyl (C=O) groups is 2. The van der Waals surface area contributed by atoms with Crippen molar-refractivity contribution in [2.45, 2.75) is 24.9 Å². The third-order valence-electron chi connectivity index (χ3n) is 6.66. The monoisotopic (exact) mass is 491 g/mol. The molecule has 0 saturated carbocycles. The van der Waals surface area contributed by atoms with Crippen molar-refractivity contribution in [2.75, 3.05) is 6.61 Å². The normalized spacial score (nSPS) is 22.7. The summed E-state index contributed by atoms with van der Waals surface area (Å²) in [5.41, 5.74) is 3.49. The average molecular weight is 492 g/mol. The third kappa shape index (κ3) is 3.91. The molecule has 34 heavy (non-hydrogen) atoms. The van der Waals surface area contributed by atoms with Crippen molar-refractivity contribution >= 4 is 41.0 Å². The number of rotatable bonds is 5. The van der Waals surface area contributed by atoms with Gasteiger partial charge in [-0.1, -0.05) is 59.6 Å². The summed E-state index contributed by atoms with van der Waals surface area (Å²) in [5, 5.41) is 1.16. The SMILES string of the molecule is CCOC(=O)C1C(c2ccc(Cl)cc2)C(C(=O)c2ccc(Cl)cc2)C2c3ccccc3C=CN12. The minimum Gasteiger partial charge on any atom is -0.464 e. The second-order valence-electron chi connectivity index (χ2n) is 8.51. The van der Waals surface area contributed by atoms with Crippen LogP contribution in [0.15, 0.2) is 79.0 Å². The summed E-state index contributed by atoms with van der Waals surface area (Å²) < 4.78 is 5.52. The van der Waals surface area contributed by atoms with E-state index in [1.54, 1.807) is 43.3 Å². The van der Waals surface area contributed by atoms with Crippen molar-refractivity contribution in [2.24, 2.45) is 5.92 Å². The van der Waals surface area contributed by atoms with E-state index in [9.17, 15) is 9.59 Å². The lowest BCUT2D eigenvalue weighted by atomic mass is 9.75. The van der Waals surface area contributed by atoms with Gasteiger partial charge in [0.15, 0.2) is 5.78 Å². The van der Waals surface area contributed by atoms with Gasteiger partial charge in [-0.3, -0.25) is 4.79 Å². The minimum absolute atomic E-state index is 0.0384. The number of benzene rings is 3. The first-order chi connectivity index (χ1) is 16.5. The van der Waals surface area contributed by atoms with Gasteiger partial charge < -0.3 is 9.64 Å². The number of nitrogens with zero attached hydrogens (tertiary/aromatic N) is 1. The number of halogens is 2. The molecular weight excluding hydrogens is 469 g/mol. The predicted molar refractivity (Wildman–Crippen MR) is 134 cm³/mol. The molecule has 2 aliphatic heterocycles. The topological polar surface area (TPSA) is 46.6 Å². The van der Waals surface area contributed by atoms with Gasteiger partial charge in [0.25, 0.3) is 0 Å². The summed E-state index contributed by atoms with van der Waals surface area (Å²) in [4.78, 5) is 29.5. The highest BCUT2D eigenvalue weighted by molar-refractivity contribution is 6.31. The molecule has 0 aromatic heterocycles. The van der Waals surface area contributed by atoms with Crippen LogP contribution in [0.25, 0.3) is 6.08 Å². The van der Waals surface area contributed by atoms with Gasteiger partial charge in [-0.05, 0) is 66.1 Å². The zero-order valence-corrected chi connectivity index (χ0v) is 20.0. The summed E-state index contributed by atoms with van der Waals surface area (Å²) >= 11 is 12.3. The molecule has 0 amide bonds. The highest BCUT2D eigenvalue weighted by Gasteiger charge is 2.56. The molecule has 1 fully saturated rings. The summed E-state index contributed by atoms with van der Waals surface area (Å²) in [6, 6.07) is 21.3. The Bertz CT molecular complexity index is 1250. The number of Topliss-reactive ketones (excluding diaryl/α,β-unsaturated/α-hetero) is 1. The van der Waals surface area contributed by atoms with Gasteiger partial charge in [0.2, 0.25) is 0 Å². The van der Waals surface area contributed by atoms with Crippen LogP contribution in [0.3, 0.4) is 0 Å². The lowest BCUT2D eigenvalue weighted by Crippen LogP contribution is -2.38. The van der Waals surface area contributed by atoms with Crippen molar-refractivity contribution in [3.8, 4) is 0 Å². The quantitative estimate of drug-likeness (QED) is 0.299. The lowest BCUT2D eigenvalue weighted by molar-refractivity contribution is -0.148. The number of carbonyl (C=O) groups excluding carboxylic acids is 2. The van der Waals surface area contributed by atoms with Crippen LogP contribution in [-0.4, -0.2) is 29.3 Å². The van der Waals surface area contributed by atoms with Gasteiger partial charge in [-0.15, -0.1) is 0 Å². The minimum atomic E-state index is -0.656. The molecule has 4 unspecified atom stereocenters. The summed E-state index contributed by atoms with van der Waals surface area (Å²) in [7, 11) is 0. The fourth-order valence-electron chi connectivity index (χ4n) is 5.26.